The van der Waals surface area contributed by atoms with Crippen LogP contribution in [-0.2, 0) is 0 Å². The van der Waals surface area contributed by atoms with E-state index in [0.717, 1.165) is 37.2 Å². The van der Waals surface area contributed by atoms with E-state index in [1.807, 2.05) is 13.0 Å². The summed E-state index contributed by atoms with van der Waals surface area (Å²) in [6.07, 6.45) is 5.13. The summed E-state index contributed by atoms with van der Waals surface area (Å²) in [5.41, 5.74) is 0.991. The highest BCUT2D eigenvalue weighted by Crippen LogP contribution is 2.21. The maximum atomic E-state index is 9.52. The van der Waals surface area contributed by atoms with E-state index in [0.29, 0.717) is 17.8 Å². The van der Waals surface area contributed by atoms with Crippen molar-refractivity contribution < 1.29 is 5.11 Å². The molecule has 0 radical (unpaired) electrons. The highest BCUT2D eigenvalue weighted by Gasteiger charge is 2.19. The molecular formula is C14H20N6O. The van der Waals surface area contributed by atoms with Gasteiger partial charge in [0.15, 0.2) is 5.82 Å². The van der Waals surface area contributed by atoms with Gasteiger partial charge in [-0.2, -0.15) is 10.1 Å². The Labute approximate surface area is 123 Å². The summed E-state index contributed by atoms with van der Waals surface area (Å²) in [5.74, 6) is 2.04. The molecule has 7 heteroatoms. The van der Waals surface area contributed by atoms with Crippen LogP contribution in [0.1, 0.15) is 31.4 Å². The van der Waals surface area contributed by atoms with Crippen molar-refractivity contribution in [2.75, 3.05) is 10.6 Å². The van der Waals surface area contributed by atoms with Gasteiger partial charge in [0.2, 0.25) is 5.95 Å². The zero-order valence-electron chi connectivity index (χ0n) is 12.0. The second-order valence-corrected chi connectivity index (χ2v) is 5.48. The molecule has 1 aliphatic rings. The molecule has 0 aromatic carbocycles. The van der Waals surface area contributed by atoms with Gasteiger partial charge in [-0.3, -0.25) is 5.10 Å². The molecule has 4 N–H and O–H groups in total. The van der Waals surface area contributed by atoms with Gasteiger partial charge in [-0.1, -0.05) is 0 Å². The second-order valence-electron chi connectivity index (χ2n) is 5.48. The molecule has 1 saturated carbocycles. The van der Waals surface area contributed by atoms with Crippen LogP contribution in [0.25, 0.3) is 0 Å². The van der Waals surface area contributed by atoms with Crippen molar-refractivity contribution in [1.82, 2.24) is 20.2 Å². The van der Waals surface area contributed by atoms with Crippen molar-refractivity contribution in [2.45, 2.75) is 44.8 Å². The number of aliphatic hydroxyl groups is 1. The molecule has 3 rings (SSSR count). The molecule has 2 aromatic rings. The Morgan fingerprint density at radius 2 is 2.05 bits per heavy atom. The number of hydrogen-bond donors (Lipinski definition) is 4. The first-order valence-corrected chi connectivity index (χ1v) is 7.26. The lowest BCUT2D eigenvalue weighted by Crippen LogP contribution is -2.28. The number of aromatic nitrogens is 4. The summed E-state index contributed by atoms with van der Waals surface area (Å²) in [4.78, 5) is 8.69. The quantitative estimate of drug-likeness (QED) is 0.686. The van der Waals surface area contributed by atoms with Crippen LogP contribution in [0.15, 0.2) is 18.3 Å². The van der Waals surface area contributed by atoms with Gasteiger partial charge in [-0.25, -0.2) is 4.98 Å². The first-order chi connectivity index (χ1) is 10.2. The summed E-state index contributed by atoms with van der Waals surface area (Å²) < 4.78 is 0. The molecule has 0 atom stereocenters. The maximum absolute atomic E-state index is 9.52. The zero-order valence-corrected chi connectivity index (χ0v) is 12.0. The summed E-state index contributed by atoms with van der Waals surface area (Å²) in [7, 11) is 0. The molecule has 0 spiro atoms. The number of rotatable bonds is 4. The molecular weight excluding hydrogens is 268 g/mol. The number of H-pyrrole nitrogens is 1. The van der Waals surface area contributed by atoms with Crippen molar-refractivity contribution in [3.63, 3.8) is 0 Å². The van der Waals surface area contributed by atoms with Crippen LogP contribution in [0.4, 0.5) is 17.6 Å². The van der Waals surface area contributed by atoms with Crippen molar-refractivity contribution in [3.8, 4) is 0 Å². The molecule has 2 heterocycles. The summed E-state index contributed by atoms with van der Waals surface area (Å²) in [5, 5.41) is 23.0. The minimum absolute atomic E-state index is 0.153. The largest absolute Gasteiger partial charge is 0.393 e. The first kappa shape index (κ1) is 13.8. The van der Waals surface area contributed by atoms with Crippen LogP contribution in [0.2, 0.25) is 0 Å². The van der Waals surface area contributed by atoms with E-state index in [4.69, 9.17) is 0 Å². The molecule has 21 heavy (non-hydrogen) atoms. The number of hydrogen-bond acceptors (Lipinski definition) is 6. The molecule has 112 valence electrons. The highest BCUT2D eigenvalue weighted by molar-refractivity contribution is 5.52. The number of aliphatic hydroxyl groups excluding tert-OH is 1. The van der Waals surface area contributed by atoms with E-state index in [9.17, 15) is 5.11 Å². The standard InChI is InChI=1S/C14H20N6O/c1-9-8-13(20-19-9)17-12-6-7-15-14(18-12)16-10-2-4-11(21)5-3-10/h6-8,10-11,21H,2-5H2,1H3,(H3,15,16,17,18,19,20). The minimum Gasteiger partial charge on any atom is -0.393 e. The van der Waals surface area contributed by atoms with Crippen molar-refractivity contribution >= 4 is 17.6 Å². The monoisotopic (exact) mass is 288 g/mol. The van der Waals surface area contributed by atoms with Gasteiger partial charge in [0, 0.05) is 24.0 Å². The molecule has 1 aliphatic carbocycles. The van der Waals surface area contributed by atoms with Gasteiger partial charge in [0.05, 0.1) is 6.10 Å². The smallest absolute Gasteiger partial charge is 0.224 e. The van der Waals surface area contributed by atoms with Crippen molar-refractivity contribution in [1.29, 1.82) is 0 Å². The number of nitrogens with zero attached hydrogens (tertiary/aromatic N) is 3. The normalized spacial score (nSPS) is 22.0. The Kier molecular flexibility index (Phi) is 4.01. The van der Waals surface area contributed by atoms with Crippen LogP contribution < -0.4 is 10.6 Å². The van der Waals surface area contributed by atoms with E-state index in [1.165, 1.54) is 0 Å². The predicted molar refractivity (Wildman–Crippen MR) is 80.5 cm³/mol. The topological polar surface area (TPSA) is 98.8 Å². The Bertz CT molecular complexity index is 591. The number of aryl methyl sites for hydroxylation is 1. The fraction of sp³-hybridized carbons (Fsp3) is 0.500. The Morgan fingerprint density at radius 1 is 1.24 bits per heavy atom. The number of anilines is 3. The van der Waals surface area contributed by atoms with Crippen LogP contribution >= 0.6 is 0 Å². The fourth-order valence-electron chi connectivity index (χ4n) is 2.51. The minimum atomic E-state index is -0.153. The highest BCUT2D eigenvalue weighted by atomic mass is 16.3. The van der Waals surface area contributed by atoms with E-state index >= 15 is 0 Å². The van der Waals surface area contributed by atoms with Crippen LogP contribution in [-0.4, -0.2) is 37.4 Å². The average Bonchev–Trinajstić information content (AvgIpc) is 2.87. The Morgan fingerprint density at radius 3 is 2.76 bits per heavy atom. The number of aromatic amines is 1. The third-order valence-corrected chi connectivity index (χ3v) is 3.65. The second kappa shape index (κ2) is 6.09. The third kappa shape index (κ3) is 3.69. The van der Waals surface area contributed by atoms with E-state index in [-0.39, 0.29) is 6.10 Å². The van der Waals surface area contributed by atoms with E-state index < -0.39 is 0 Å². The van der Waals surface area contributed by atoms with Crippen LogP contribution in [0.5, 0.6) is 0 Å². The molecule has 2 aromatic heterocycles. The predicted octanol–water partition coefficient (Wildman–Crippen LogP) is 1.97. The van der Waals surface area contributed by atoms with Crippen molar-refractivity contribution in [3.05, 3.63) is 24.0 Å². The lowest BCUT2D eigenvalue weighted by atomic mass is 9.93. The van der Waals surface area contributed by atoms with Gasteiger partial charge in [0.1, 0.15) is 5.82 Å². The van der Waals surface area contributed by atoms with Gasteiger partial charge in [-0.15, -0.1) is 0 Å². The van der Waals surface area contributed by atoms with Crippen LogP contribution in [0, 0.1) is 6.92 Å². The van der Waals surface area contributed by atoms with Gasteiger partial charge in [-0.05, 0) is 38.7 Å². The molecule has 0 bridgehead atoms. The average molecular weight is 288 g/mol. The Balaban J connectivity index is 1.63. The maximum Gasteiger partial charge on any atom is 0.224 e. The molecule has 0 amide bonds. The SMILES string of the molecule is Cc1cc(Nc2ccnc(NC3CCC(O)CC3)n2)n[nH]1. The zero-order chi connectivity index (χ0) is 14.7. The Hall–Kier alpha value is -2.15. The lowest BCUT2D eigenvalue weighted by molar-refractivity contribution is 0.126. The summed E-state index contributed by atoms with van der Waals surface area (Å²) in [6.45, 7) is 1.95. The molecule has 0 saturated heterocycles. The van der Waals surface area contributed by atoms with Gasteiger partial charge < -0.3 is 15.7 Å². The van der Waals surface area contributed by atoms with Gasteiger partial charge in [0.25, 0.3) is 0 Å². The number of nitrogens with one attached hydrogen (secondary N) is 3. The lowest BCUT2D eigenvalue weighted by Gasteiger charge is -2.26. The summed E-state index contributed by atoms with van der Waals surface area (Å²) in [6, 6.07) is 4.05. The molecule has 0 unspecified atom stereocenters. The molecule has 0 aliphatic heterocycles. The van der Waals surface area contributed by atoms with E-state index in [1.54, 1.807) is 12.3 Å². The van der Waals surface area contributed by atoms with Crippen LogP contribution in [0.3, 0.4) is 0 Å². The third-order valence-electron chi connectivity index (χ3n) is 3.65. The molecule has 1 fully saturated rings. The summed E-state index contributed by atoms with van der Waals surface area (Å²) >= 11 is 0. The fourth-order valence-corrected chi connectivity index (χ4v) is 2.51. The van der Waals surface area contributed by atoms with E-state index in [2.05, 4.69) is 30.8 Å². The van der Waals surface area contributed by atoms with Gasteiger partial charge >= 0.3 is 0 Å². The van der Waals surface area contributed by atoms with Crippen molar-refractivity contribution in [2.24, 2.45) is 0 Å². The molecule has 7 nitrogen and oxygen atoms in total. The first-order valence-electron chi connectivity index (χ1n) is 7.26.